The SMILES string of the molecule is CS[C@H](C)CNC(=O)[C@@H](C)N1[C@H](C)CC[C@@H]1C. The monoisotopic (exact) mass is 258 g/mol. The minimum Gasteiger partial charge on any atom is -0.354 e. The number of carbonyl (C=O) groups excluding carboxylic acids is 1. The molecule has 0 bridgehead atoms. The number of hydrogen-bond acceptors (Lipinski definition) is 3. The average Bonchev–Trinajstić information content (AvgIpc) is 2.64. The van der Waals surface area contributed by atoms with E-state index in [4.69, 9.17) is 0 Å². The van der Waals surface area contributed by atoms with Crippen molar-refractivity contribution < 1.29 is 4.79 Å². The predicted octanol–water partition coefficient (Wildman–Crippen LogP) is 2.12. The highest BCUT2D eigenvalue weighted by atomic mass is 32.2. The van der Waals surface area contributed by atoms with Crippen LogP contribution in [0.4, 0.5) is 0 Å². The smallest absolute Gasteiger partial charge is 0.237 e. The second-order valence-electron chi connectivity index (χ2n) is 5.19. The van der Waals surface area contributed by atoms with Crippen molar-refractivity contribution >= 4 is 17.7 Å². The van der Waals surface area contributed by atoms with Crippen molar-refractivity contribution in [1.82, 2.24) is 10.2 Å². The Morgan fingerprint density at radius 2 is 1.88 bits per heavy atom. The fraction of sp³-hybridized carbons (Fsp3) is 0.923. The Kier molecular flexibility index (Phi) is 5.80. The summed E-state index contributed by atoms with van der Waals surface area (Å²) in [6.45, 7) is 9.37. The van der Waals surface area contributed by atoms with E-state index < -0.39 is 0 Å². The number of nitrogens with zero attached hydrogens (tertiary/aromatic N) is 1. The van der Waals surface area contributed by atoms with Crippen LogP contribution in [0.1, 0.15) is 40.5 Å². The van der Waals surface area contributed by atoms with E-state index in [0.717, 1.165) is 6.54 Å². The van der Waals surface area contributed by atoms with Crippen LogP contribution in [0.25, 0.3) is 0 Å². The molecule has 17 heavy (non-hydrogen) atoms. The lowest BCUT2D eigenvalue weighted by Gasteiger charge is -2.31. The molecule has 0 radical (unpaired) electrons. The molecule has 0 aromatic heterocycles. The second kappa shape index (κ2) is 6.64. The summed E-state index contributed by atoms with van der Waals surface area (Å²) >= 11 is 1.78. The lowest BCUT2D eigenvalue weighted by atomic mass is 10.2. The summed E-state index contributed by atoms with van der Waals surface area (Å²) in [6.07, 6.45) is 4.49. The van der Waals surface area contributed by atoms with E-state index in [1.165, 1.54) is 12.8 Å². The van der Waals surface area contributed by atoms with Crippen molar-refractivity contribution in [3.63, 3.8) is 0 Å². The van der Waals surface area contributed by atoms with Crippen LogP contribution in [-0.2, 0) is 4.79 Å². The molecule has 1 amide bonds. The summed E-state index contributed by atoms with van der Waals surface area (Å²) in [6, 6.07) is 1.06. The average molecular weight is 258 g/mol. The van der Waals surface area contributed by atoms with Crippen molar-refractivity contribution in [2.45, 2.75) is 63.9 Å². The number of rotatable bonds is 5. The maximum absolute atomic E-state index is 12.1. The number of amides is 1. The molecule has 4 atom stereocenters. The minimum absolute atomic E-state index is 0.00319. The van der Waals surface area contributed by atoms with Gasteiger partial charge in [-0.15, -0.1) is 0 Å². The van der Waals surface area contributed by atoms with Gasteiger partial charge in [0.2, 0.25) is 5.91 Å². The lowest BCUT2D eigenvalue weighted by molar-refractivity contribution is -0.126. The molecule has 1 fully saturated rings. The molecule has 0 aromatic carbocycles. The first-order valence-electron chi connectivity index (χ1n) is 6.55. The molecule has 1 heterocycles. The zero-order valence-corrected chi connectivity index (χ0v) is 12.5. The van der Waals surface area contributed by atoms with Gasteiger partial charge in [0, 0.05) is 23.9 Å². The van der Waals surface area contributed by atoms with Gasteiger partial charge in [0.1, 0.15) is 0 Å². The molecule has 0 unspecified atom stereocenters. The molecule has 0 aliphatic carbocycles. The van der Waals surface area contributed by atoms with Crippen LogP contribution in [0.3, 0.4) is 0 Å². The Morgan fingerprint density at radius 1 is 1.35 bits per heavy atom. The van der Waals surface area contributed by atoms with E-state index in [1.54, 1.807) is 11.8 Å². The van der Waals surface area contributed by atoms with E-state index in [2.05, 4.69) is 37.2 Å². The van der Waals surface area contributed by atoms with Crippen molar-refractivity contribution in [2.75, 3.05) is 12.8 Å². The van der Waals surface area contributed by atoms with Crippen LogP contribution in [0.15, 0.2) is 0 Å². The molecule has 1 saturated heterocycles. The van der Waals surface area contributed by atoms with Gasteiger partial charge >= 0.3 is 0 Å². The molecule has 1 aliphatic rings. The lowest BCUT2D eigenvalue weighted by Crippen LogP contribution is -2.49. The molecule has 0 spiro atoms. The van der Waals surface area contributed by atoms with Crippen LogP contribution in [0.2, 0.25) is 0 Å². The van der Waals surface area contributed by atoms with Crippen LogP contribution in [0, 0.1) is 0 Å². The number of hydrogen-bond donors (Lipinski definition) is 1. The van der Waals surface area contributed by atoms with E-state index in [0.29, 0.717) is 17.3 Å². The molecular weight excluding hydrogens is 232 g/mol. The van der Waals surface area contributed by atoms with E-state index >= 15 is 0 Å². The van der Waals surface area contributed by atoms with E-state index in [9.17, 15) is 4.79 Å². The number of likely N-dealkylation sites (tertiary alicyclic amines) is 1. The summed E-state index contributed by atoms with van der Waals surface area (Å²) in [7, 11) is 0. The fourth-order valence-corrected chi connectivity index (χ4v) is 2.84. The molecule has 1 N–H and O–H groups in total. The standard InChI is InChI=1S/C13H26N2OS/c1-9-6-7-10(2)15(9)12(4)13(16)14-8-11(3)17-5/h9-12H,6-8H2,1-5H3,(H,14,16)/t9-,10+,11-,12-/m1/s1. The fourth-order valence-electron chi connectivity index (χ4n) is 2.59. The van der Waals surface area contributed by atoms with Gasteiger partial charge in [-0.25, -0.2) is 0 Å². The first-order chi connectivity index (χ1) is 7.97. The Labute approximate surface area is 110 Å². The summed E-state index contributed by atoms with van der Waals surface area (Å²) in [5.41, 5.74) is 0. The van der Waals surface area contributed by atoms with Gasteiger partial charge in [-0.3, -0.25) is 9.69 Å². The van der Waals surface area contributed by atoms with Crippen molar-refractivity contribution in [3.8, 4) is 0 Å². The third kappa shape index (κ3) is 3.88. The molecule has 1 aliphatic heterocycles. The van der Waals surface area contributed by atoms with Crippen LogP contribution in [-0.4, -0.2) is 47.0 Å². The zero-order chi connectivity index (χ0) is 13.0. The molecule has 100 valence electrons. The highest BCUT2D eigenvalue weighted by molar-refractivity contribution is 7.99. The maximum atomic E-state index is 12.1. The van der Waals surface area contributed by atoms with Crippen LogP contribution >= 0.6 is 11.8 Å². The minimum atomic E-state index is -0.00319. The number of nitrogens with one attached hydrogen (secondary N) is 1. The van der Waals surface area contributed by atoms with E-state index in [-0.39, 0.29) is 11.9 Å². The largest absolute Gasteiger partial charge is 0.354 e. The predicted molar refractivity (Wildman–Crippen MR) is 75.4 cm³/mol. The van der Waals surface area contributed by atoms with Crippen molar-refractivity contribution in [1.29, 1.82) is 0 Å². The van der Waals surface area contributed by atoms with Crippen LogP contribution < -0.4 is 5.32 Å². The van der Waals surface area contributed by atoms with Gasteiger partial charge in [-0.2, -0.15) is 11.8 Å². The number of carbonyl (C=O) groups is 1. The Balaban J connectivity index is 2.45. The summed E-state index contributed by atoms with van der Waals surface area (Å²) < 4.78 is 0. The normalized spacial score (nSPS) is 29.0. The summed E-state index contributed by atoms with van der Waals surface area (Å²) in [5, 5.41) is 3.54. The van der Waals surface area contributed by atoms with Gasteiger partial charge < -0.3 is 5.32 Å². The third-order valence-corrected chi connectivity index (χ3v) is 4.78. The second-order valence-corrected chi connectivity index (χ2v) is 6.47. The number of thioether (sulfide) groups is 1. The highest BCUT2D eigenvalue weighted by Crippen LogP contribution is 2.25. The third-order valence-electron chi connectivity index (χ3n) is 3.81. The maximum Gasteiger partial charge on any atom is 0.237 e. The Morgan fingerprint density at radius 3 is 2.35 bits per heavy atom. The molecule has 3 nitrogen and oxygen atoms in total. The Bertz CT molecular complexity index is 250. The van der Waals surface area contributed by atoms with Gasteiger partial charge in [0.15, 0.2) is 0 Å². The highest BCUT2D eigenvalue weighted by Gasteiger charge is 2.34. The summed E-state index contributed by atoms with van der Waals surface area (Å²) in [5.74, 6) is 0.173. The molecular formula is C13H26N2OS. The quantitative estimate of drug-likeness (QED) is 0.820. The molecule has 4 heteroatoms. The topological polar surface area (TPSA) is 32.3 Å². The van der Waals surface area contributed by atoms with Crippen LogP contribution in [0.5, 0.6) is 0 Å². The van der Waals surface area contributed by atoms with Gasteiger partial charge in [0.25, 0.3) is 0 Å². The first kappa shape index (κ1) is 14.8. The Hall–Kier alpha value is -0.220. The van der Waals surface area contributed by atoms with E-state index in [1.807, 2.05) is 6.92 Å². The molecule has 1 rings (SSSR count). The molecule has 0 saturated carbocycles. The zero-order valence-electron chi connectivity index (χ0n) is 11.7. The summed E-state index contributed by atoms with van der Waals surface area (Å²) in [4.78, 5) is 14.4. The molecule has 0 aromatic rings. The van der Waals surface area contributed by atoms with Gasteiger partial charge in [0.05, 0.1) is 6.04 Å². The van der Waals surface area contributed by atoms with Crippen molar-refractivity contribution in [3.05, 3.63) is 0 Å². The first-order valence-corrected chi connectivity index (χ1v) is 7.84. The van der Waals surface area contributed by atoms with Gasteiger partial charge in [-0.1, -0.05) is 6.92 Å². The van der Waals surface area contributed by atoms with Gasteiger partial charge in [-0.05, 0) is 39.9 Å². The van der Waals surface area contributed by atoms with Crippen molar-refractivity contribution in [2.24, 2.45) is 0 Å².